The van der Waals surface area contributed by atoms with E-state index in [2.05, 4.69) is 11.3 Å². The van der Waals surface area contributed by atoms with Crippen molar-refractivity contribution < 1.29 is 19.4 Å². The van der Waals surface area contributed by atoms with E-state index in [-0.39, 0.29) is 0 Å². The Morgan fingerprint density at radius 1 is 1.28 bits per heavy atom. The largest absolute Gasteiger partial charge is 0.514 e. The van der Waals surface area contributed by atoms with Crippen LogP contribution in [0, 0.1) is 0 Å². The lowest BCUT2D eigenvalue weighted by Crippen LogP contribution is -2.49. The summed E-state index contributed by atoms with van der Waals surface area (Å²) in [5.41, 5.74) is 6.39. The summed E-state index contributed by atoms with van der Waals surface area (Å²) in [5, 5.41) is 9.52. The van der Waals surface area contributed by atoms with Crippen molar-refractivity contribution in [1.29, 1.82) is 0 Å². The molecule has 1 rings (SSSR count). The monoisotopic (exact) mass is 249 g/mol. The van der Waals surface area contributed by atoms with Gasteiger partial charge in [-0.1, -0.05) is 36.9 Å². The van der Waals surface area contributed by atoms with Crippen LogP contribution >= 0.6 is 0 Å². The van der Waals surface area contributed by atoms with Crippen LogP contribution in [0.4, 0.5) is 4.79 Å². The van der Waals surface area contributed by atoms with Crippen LogP contribution < -0.4 is 21.8 Å². The zero-order valence-corrected chi connectivity index (χ0v) is 9.42. The Bertz CT molecular complexity index is 426. The molecule has 94 valence electrons. The van der Waals surface area contributed by atoms with Crippen molar-refractivity contribution >= 4 is 24.5 Å². The van der Waals surface area contributed by atoms with Gasteiger partial charge in [-0.05, 0) is 11.5 Å². The normalized spacial score (nSPS) is 9.17. The van der Waals surface area contributed by atoms with E-state index in [0.29, 0.717) is 5.46 Å². The van der Waals surface area contributed by atoms with Gasteiger partial charge in [0, 0.05) is 0 Å². The first-order chi connectivity index (χ1) is 8.63. The SMILES string of the molecule is C=CC(=O)NNC(=O)NOB(O)c1ccccc1. The molecule has 0 aliphatic heterocycles. The number of hydroxylamine groups is 1. The van der Waals surface area contributed by atoms with Gasteiger partial charge in [0.25, 0.3) is 5.91 Å². The molecule has 0 aliphatic rings. The highest BCUT2D eigenvalue weighted by Crippen LogP contribution is 1.86. The summed E-state index contributed by atoms with van der Waals surface area (Å²) in [4.78, 5) is 21.8. The average molecular weight is 249 g/mol. The van der Waals surface area contributed by atoms with Crippen LogP contribution in [0.2, 0.25) is 0 Å². The second-order valence-electron chi connectivity index (χ2n) is 3.13. The first kappa shape index (κ1) is 13.7. The molecular formula is C10H12BN3O4. The maximum atomic E-state index is 11.1. The predicted molar refractivity (Wildman–Crippen MR) is 65.1 cm³/mol. The lowest BCUT2D eigenvalue weighted by Gasteiger charge is -2.10. The number of amides is 3. The van der Waals surface area contributed by atoms with Crippen LogP contribution in [0.5, 0.6) is 0 Å². The molecule has 0 aliphatic carbocycles. The molecule has 1 aromatic carbocycles. The van der Waals surface area contributed by atoms with Crippen LogP contribution in [-0.4, -0.2) is 24.1 Å². The van der Waals surface area contributed by atoms with Gasteiger partial charge in [0.05, 0.1) is 0 Å². The zero-order valence-electron chi connectivity index (χ0n) is 9.42. The molecule has 0 fully saturated rings. The summed E-state index contributed by atoms with van der Waals surface area (Å²) in [6, 6.07) is 7.63. The van der Waals surface area contributed by atoms with E-state index in [4.69, 9.17) is 0 Å². The molecule has 0 atom stereocenters. The summed E-state index contributed by atoms with van der Waals surface area (Å²) >= 11 is 0. The lowest BCUT2D eigenvalue weighted by molar-refractivity contribution is -0.117. The van der Waals surface area contributed by atoms with Gasteiger partial charge in [0.1, 0.15) is 0 Å². The predicted octanol–water partition coefficient (Wildman–Crippen LogP) is -1.18. The van der Waals surface area contributed by atoms with Crippen molar-refractivity contribution in [3.05, 3.63) is 43.0 Å². The minimum absolute atomic E-state index is 0.480. The van der Waals surface area contributed by atoms with Crippen molar-refractivity contribution in [2.45, 2.75) is 0 Å². The smallest absolute Gasteiger partial charge is 0.422 e. The van der Waals surface area contributed by atoms with Gasteiger partial charge in [-0.25, -0.2) is 15.7 Å². The minimum Gasteiger partial charge on any atom is -0.422 e. The van der Waals surface area contributed by atoms with Crippen LogP contribution in [0.1, 0.15) is 0 Å². The third-order valence-electron chi connectivity index (χ3n) is 1.83. The molecule has 0 saturated carbocycles. The van der Waals surface area contributed by atoms with Crippen molar-refractivity contribution in [3.63, 3.8) is 0 Å². The Balaban J connectivity index is 2.30. The Morgan fingerprint density at radius 2 is 1.94 bits per heavy atom. The van der Waals surface area contributed by atoms with Gasteiger partial charge in [-0.3, -0.25) is 15.0 Å². The topological polar surface area (TPSA) is 99.7 Å². The number of carbonyl (C=O) groups is 2. The van der Waals surface area contributed by atoms with Crippen molar-refractivity contribution in [3.8, 4) is 0 Å². The molecule has 0 aromatic heterocycles. The molecule has 0 bridgehead atoms. The van der Waals surface area contributed by atoms with E-state index in [0.717, 1.165) is 6.08 Å². The summed E-state index contributed by atoms with van der Waals surface area (Å²) in [6.07, 6.45) is 0.986. The highest BCUT2D eigenvalue weighted by Gasteiger charge is 2.17. The number of hydrazine groups is 1. The lowest BCUT2D eigenvalue weighted by atomic mass is 9.80. The van der Waals surface area contributed by atoms with Crippen LogP contribution in [0.15, 0.2) is 43.0 Å². The summed E-state index contributed by atoms with van der Waals surface area (Å²) < 4.78 is 4.67. The van der Waals surface area contributed by atoms with E-state index >= 15 is 0 Å². The quantitative estimate of drug-likeness (QED) is 0.306. The molecule has 0 spiro atoms. The number of hydrogen-bond acceptors (Lipinski definition) is 4. The van der Waals surface area contributed by atoms with Gasteiger partial charge in [-0.2, -0.15) is 0 Å². The Hall–Kier alpha value is -2.32. The zero-order chi connectivity index (χ0) is 13.4. The van der Waals surface area contributed by atoms with Gasteiger partial charge in [0.15, 0.2) is 0 Å². The summed E-state index contributed by atoms with van der Waals surface area (Å²) in [5.74, 6) is -0.575. The van der Waals surface area contributed by atoms with E-state index < -0.39 is 19.1 Å². The highest BCUT2D eigenvalue weighted by molar-refractivity contribution is 6.59. The highest BCUT2D eigenvalue weighted by atomic mass is 16.7. The van der Waals surface area contributed by atoms with Crippen LogP contribution in [-0.2, 0) is 9.55 Å². The molecule has 7 nitrogen and oxygen atoms in total. The molecule has 8 heteroatoms. The third-order valence-corrected chi connectivity index (χ3v) is 1.83. The second-order valence-corrected chi connectivity index (χ2v) is 3.13. The minimum atomic E-state index is -1.30. The first-order valence-corrected chi connectivity index (χ1v) is 5.00. The van der Waals surface area contributed by atoms with Crippen molar-refractivity contribution in [1.82, 2.24) is 16.3 Å². The summed E-state index contributed by atoms with van der Waals surface area (Å²) in [6.45, 7) is 3.20. The standard InChI is InChI=1S/C10H12BN3O4/c1-2-9(15)12-13-10(16)14-18-11(17)8-6-4-3-5-7-8/h2-7,17H,1H2,(H,12,15)(H2,13,14,16). The average Bonchev–Trinajstić information content (AvgIpc) is 2.42. The number of benzene rings is 1. The fraction of sp³-hybridized carbons (Fsp3) is 0. The van der Waals surface area contributed by atoms with Gasteiger partial charge in [0.2, 0.25) is 0 Å². The fourth-order valence-electron chi connectivity index (χ4n) is 0.990. The number of carbonyl (C=O) groups excluding carboxylic acids is 2. The first-order valence-electron chi connectivity index (χ1n) is 5.00. The molecule has 3 amide bonds. The van der Waals surface area contributed by atoms with E-state index in [1.165, 1.54) is 0 Å². The number of urea groups is 1. The fourth-order valence-corrected chi connectivity index (χ4v) is 0.990. The number of nitrogens with one attached hydrogen (secondary N) is 3. The Morgan fingerprint density at radius 3 is 2.56 bits per heavy atom. The molecule has 0 unspecified atom stereocenters. The summed E-state index contributed by atoms with van der Waals surface area (Å²) in [7, 11) is -1.30. The molecule has 4 N–H and O–H groups in total. The molecule has 0 heterocycles. The Labute approximate surface area is 104 Å². The number of rotatable bonds is 4. The van der Waals surface area contributed by atoms with Crippen LogP contribution in [0.3, 0.4) is 0 Å². The van der Waals surface area contributed by atoms with E-state index in [9.17, 15) is 14.6 Å². The van der Waals surface area contributed by atoms with Gasteiger partial charge >= 0.3 is 13.1 Å². The maximum absolute atomic E-state index is 11.1. The van der Waals surface area contributed by atoms with Gasteiger partial charge in [-0.15, -0.1) is 0 Å². The van der Waals surface area contributed by atoms with E-state index in [1.54, 1.807) is 30.3 Å². The van der Waals surface area contributed by atoms with E-state index in [1.807, 2.05) is 16.3 Å². The Kier molecular flexibility index (Phi) is 5.42. The molecular weight excluding hydrogens is 237 g/mol. The molecule has 18 heavy (non-hydrogen) atoms. The number of hydrogen-bond donors (Lipinski definition) is 4. The molecule has 0 radical (unpaired) electrons. The third kappa shape index (κ3) is 4.68. The maximum Gasteiger partial charge on any atom is 0.514 e. The second kappa shape index (κ2) is 7.10. The van der Waals surface area contributed by atoms with Crippen LogP contribution in [0.25, 0.3) is 0 Å². The van der Waals surface area contributed by atoms with Crippen molar-refractivity contribution in [2.75, 3.05) is 0 Å². The molecule has 0 saturated heterocycles. The van der Waals surface area contributed by atoms with Crippen molar-refractivity contribution in [2.24, 2.45) is 0 Å². The van der Waals surface area contributed by atoms with Gasteiger partial charge < -0.3 is 5.02 Å². The molecule has 1 aromatic rings.